The predicted octanol–water partition coefficient (Wildman–Crippen LogP) is 3.15. The number of anilines is 1. The van der Waals surface area contributed by atoms with Crippen molar-refractivity contribution in [3.8, 4) is 0 Å². The van der Waals surface area contributed by atoms with Gasteiger partial charge in [0.1, 0.15) is 6.29 Å². The maximum Gasteiger partial charge on any atom is 0.292 e. The normalized spacial score (nSPS) is 10.5. The summed E-state index contributed by atoms with van der Waals surface area (Å²) in [5.41, 5.74) is 15.2. The molecule has 0 saturated carbocycles. The average Bonchev–Trinajstić information content (AvgIpc) is 3.14. The summed E-state index contributed by atoms with van der Waals surface area (Å²) in [6, 6.07) is 21.9. The molecule has 1 unspecified atom stereocenters. The lowest BCUT2D eigenvalue weighted by Crippen LogP contribution is -2.44. The van der Waals surface area contributed by atoms with Crippen LogP contribution >= 0.6 is 0 Å². The van der Waals surface area contributed by atoms with Crippen LogP contribution < -0.4 is 22.5 Å². The van der Waals surface area contributed by atoms with Gasteiger partial charge < -0.3 is 27.6 Å². The number of benzene rings is 4. The third-order valence-corrected chi connectivity index (χ3v) is 6.27. The molecule has 0 fully saturated rings. The van der Waals surface area contributed by atoms with E-state index in [1.807, 2.05) is 0 Å². The molecule has 20 heteroatoms. The minimum absolute atomic E-state index is 0.00551. The zero-order chi connectivity index (χ0) is 42.0. The van der Waals surface area contributed by atoms with E-state index >= 15 is 0 Å². The Hall–Kier alpha value is -7.74. The van der Waals surface area contributed by atoms with Gasteiger partial charge in [-0.2, -0.15) is 0 Å². The minimum atomic E-state index is -1.27. The second-order valence-electron chi connectivity index (χ2n) is 11.8. The number of Topliss-reactive ketones (excluding diaryl/α,β-unsaturated/α-hetero) is 2. The Kier molecular flexibility index (Phi) is 17.2. The number of nitro groups is 3. The first-order chi connectivity index (χ1) is 25.6. The molecule has 0 aliphatic heterocycles. The number of nitrogens with two attached hydrogens (primary N) is 3. The highest BCUT2D eigenvalue weighted by Gasteiger charge is 2.23. The molecule has 0 aliphatic rings. The molecule has 20 nitrogen and oxygen atoms in total. The van der Waals surface area contributed by atoms with Crippen molar-refractivity contribution >= 4 is 58.3 Å². The number of nitrogens with zero attached hydrogens (tertiary/aromatic N) is 3. The molecular weight excluding hydrogens is 726 g/mol. The molecular formula is C35H35N7O13. The first-order valence-electron chi connectivity index (χ1n) is 15.3. The van der Waals surface area contributed by atoms with Crippen molar-refractivity contribution in [3.05, 3.63) is 150 Å². The van der Waals surface area contributed by atoms with Crippen LogP contribution in [-0.2, 0) is 14.4 Å². The van der Waals surface area contributed by atoms with Crippen molar-refractivity contribution < 1.29 is 48.6 Å². The van der Waals surface area contributed by atoms with E-state index in [0.717, 1.165) is 12.1 Å². The number of hydrogen-bond donors (Lipinski definition) is 5. The van der Waals surface area contributed by atoms with E-state index < -0.39 is 55.7 Å². The number of non-ortho nitro benzene ring substituents is 3. The van der Waals surface area contributed by atoms with E-state index in [0.29, 0.717) is 23.1 Å². The van der Waals surface area contributed by atoms with Crippen molar-refractivity contribution in [2.45, 2.75) is 32.4 Å². The highest BCUT2D eigenvalue weighted by atomic mass is 16.6. The molecule has 0 saturated heterocycles. The molecule has 8 N–H and O–H groups in total. The number of aldehydes is 1. The molecule has 4 rings (SSSR count). The maximum atomic E-state index is 11.8. The van der Waals surface area contributed by atoms with Gasteiger partial charge >= 0.3 is 0 Å². The van der Waals surface area contributed by atoms with Gasteiger partial charge in [0, 0.05) is 64.3 Å². The largest absolute Gasteiger partial charge is 0.399 e. The summed E-state index contributed by atoms with van der Waals surface area (Å²) in [5.74, 6) is -4.41. The number of amides is 3. The number of rotatable bonds is 10. The zero-order valence-electron chi connectivity index (χ0n) is 29.3. The number of aliphatic hydroxyl groups excluding tert-OH is 1. The number of carbonyl (C=O) groups is 6. The summed E-state index contributed by atoms with van der Waals surface area (Å²) in [6.07, 6.45) is -0.694. The lowest BCUT2D eigenvalue weighted by Gasteiger charge is -2.19. The Bertz CT molecular complexity index is 2100. The Morgan fingerprint density at radius 3 is 1.53 bits per heavy atom. The van der Waals surface area contributed by atoms with E-state index in [1.165, 1.54) is 66.7 Å². The standard InChI is InChI=1S/C12H14N2O4.C8H6N2O4.C8H10N2O2.C7H5NO3/c1-12(2,3)13-11(16)10(15)8-5-4-6-9(7-8)14(17)18;9-8(12)7(11)5-2-1-3-6(4-5)10(13)14;9-6-3-1-2-5(4-6)7(11)8(10)12;9-5-6-2-1-3-7(4-6)8(10)11/h4-7H,1-3H3,(H,13,16);1-4H,(H2,9,12);1-4,7,11H,9H2,(H2,10,12);1-5H. The Morgan fingerprint density at radius 2 is 1.13 bits per heavy atom. The molecule has 4 aromatic carbocycles. The van der Waals surface area contributed by atoms with E-state index in [1.54, 1.807) is 39.0 Å². The average molecular weight is 762 g/mol. The van der Waals surface area contributed by atoms with Crippen LogP contribution in [0.2, 0.25) is 0 Å². The Morgan fingerprint density at radius 1 is 0.691 bits per heavy atom. The first kappa shape index (κ1) is 45.3. The molecule has 0 aromatic heterocycles. The quantitative estimate of drug-likeness (QED) is 0.0387. The summed E-state index contributed by atoms with van der Waals surface area (Å²) >= 11 is 0. The summed E-state index contributed by atoms with van der Waals surface area (Å²) in [5, 5.41) is 42.8. The van der Waals surface area contributed by atoms with Gasteiger partial charge in [-0.1, -0.05) is 48.5 Å². The predicted molar refractivity (Wildman–Crippen MR) is 195 cm³/mol. The fourth-order valence-corrected chi connectivity index (χ4v) is 3.80. The number of nitrogens with one attached hydrogen (secondary N) is 1. The Labute approximate surface area is 311 Å². The number of aliphatic hydroxyl groups is 1. The highest BCUT2D eigenvalue weighted by Crippen LogP contribution is 2.16. The number of nitrogen functional groups attached to an aromatic ring is 1. The molecule has 55 heavy (non-hydrogen) atoms. The van der Waals surface area contributed by atoms with Gasteiger partial charge in [0.25, 0.3) is 34.8 Å². The van der Waals surface area contributed by atoms with Gasteiger partial charge in [-0.3, -0.25) is 59.1 Å². The summed E-state index contributed by atoms with van der Waals surface area (Å²) in [7, 11) is 0. The third-order valence-electron chi connectivity index (χ3n) is 6.27. The Balaban J connectivity index is 0.000000373. The monoisotopic (exact) mass is 761 g/mol. The van der Waals surface area contributed by atoms with E-state index in [9.17, 15) is 64.2 Å². The molecule has 0 spiro atoms. The number of hydrogen-bond acceptors (Lipinski definition) is 14. The van der Waals surface area contributed by atoms with Gasteiger partial charge in [-0.15, -0.1) is 0 Å². The van der Waals surface area contributed by atoms with Crippen molar-refractivity contribution in [2.24, 2.45) is 11.5 Å². The molecule has 1 atom stereocenters. The summed E-state index contributed by atoms with van der Waals surface area (Å²) in [6.45, 7) is 5.23. The van der Waals surface area contributed by atoms with Gasteiger partial charge in [-0.25, -0.2) is 0 Å². The van der Waals surface area contributed by atoms with E-state index in [4.69, 9.17) is 17.2 Å². The van der Waals surface area contributed by atoms with Gasteiger partial charge in [-0.05, 0) is 38.5 Å². The fourth-order valence-electron chi connectivity index (χ4n) is 3.80. The van der Waals surface area contributed by atoms with Gasteiger partial charge in [0.15, 0.2) is 6.10 Å². The van der Waals surface area contributed by atoms with Crippen LogP contribution in [0.1, 0.15) is 63.5 Å². The molecule has 0 aliphatic carbocycles. The van der Waals surface area contributed by atoms with Crippen molar-refractivity contribution in [1.29, 1.82) is 0 Å². The number of ketones is 2. The van der Waals surface area contributed by atoms with E-state index in [2.05, 4.69) is 5.32 Å². The molecule has 0 heterocycles. The van der Waals surface area contributed by atoms with Crippen LogP contribution in [0.25, 0.3) is 0 Å². The molecule has 288 valence electrons. The van der Waals surface area contributed by atoms with Crippen molar-refractivity contribution in [3.63, 3.8) is 0 Å². The van der Waals surface area contributed by atoms with Gasteiger partial charge in [0.05, 0.1) is 14.8 Å². The second kappa shape index (κ2) is 20.9. The fraction of sp³-hybridized carbons (Fsp3) is 0.143. The van der Waals surface area contributed by atoms with Crippen molar-refractivity contribution in [1.82, 2.24) is 5.32 Å². The summed E-state index contributed by atoms with van der Waals surface area (Å²) < 4.78 is 0. The first-order valence-corrected chi connectivity index (χ1v) is 15.3. The molecule has 0 bridgehead atoms. The smallest absolute Gasteiger partial charge is 0.292 e. The maximum absolute atomic E-state index is 11.8. The van der Waals surface area contributed by atoms with Crippen LogP contribution in [0.4, 0.5) is 22.7 Å². The van der Waals surface area contributed by atoms with Gasteiger partial charge in [0.2, 0.25) is 11.6 Å². The zero-order valence-corrected chi connectivity index (χ0v) is 29.3. The number of carbonyl (C=O) groups excluding carboxylic acids is 6. The minimum Gasteiger partial charge on any atom is -0.399 e. The molecule has 4 aromatic rings. The summed E-state index contributed by atoms with van der Waals surface area (Å²) in [4.78, 5) is 94.8. The lowest BCUT2D eigenvalue weighted by atomic mass is 10.1. The number of primary amides is 2. The topological polar surface area (TPSA) is 342 Å². The van der Waals surface area contributed by atoms with E-state index in [-0.39, 0.29) is 28.2 Å². The highest BCUT2D eigenvalue weighted by molar-refractivity contribution is 6.43. The lowest BCUT2D eigenvalue weighted by molar-refractivity contribution is -0.385. The van der Waals surface area contributed by atoms with Crippen LogP contribution in [-0.4, -0.2) is 61.0 Å². The molecule has 3 amide bonds. The van der Waals surface area contributed by atoms with Crippen molar-refractivity contribution in [2.75, 3.05) is 5.73 Å². The van der Waals surface area contributed by atoms with Crippen LogP contribution in [0.15, 0.2) is 97.1 Å². The molecule has 0 radical (unpaired) electrons. The van der Waals surface area contributed by atoms with Crippen LogP contribution in [0, 0.1) is 30.3 Å². The second-order valence-corrected chi connectivity index (χ2v) is 11.8. The third kappa shape index (κ3) is 16.0. The van der Waals surface area contributed by atoms with Crippen LogP contribution in [0.5, 0.6) is 0 Å². The van der Waals surface area contributed by atoms with Crippen LogP contribution in [0.3, 0.4) is 0 Å². The number of nitro benzene ring substituents is 3. The SMILES string of the molecule is CC(C)(C)NC(=O)C(=O)c1cccc([N+](=O)[O-])c1.NC(=O)C(=O)c1cccc([N+](=O)[O-])c1.NC(=O)C(O)c1cccc(N)c1.O=Cc1cccc([N+](=O)[O-])c1.